The van der Waals surface area contributed by atoms with Crippen LogP contribution in [0.2, 0.25) is 0 Å². The van der Waals surface area contributed by atoms with Gasteiger partial charge in [-0.3, -0.25) is 4.52 Å². The van der Waals surface area contributed by atoms with Crippen LogP contribution in [0, 0.1) is 0 Å². The molecular formula is C6H14N3O11P3. The Bertz CT molecular complexity index is 614. The molecule has 17 heteroatoms. The normalized spacial score (nSPS) is 30.2. The van der Waals surface area contributed by atoms with Crippen LogP contribution in [0.5, 0.6) is 0 Å². The third-order valence-electron chi connectivity index (χ3n) is 2.43. The Balaban J connectivity index is 2.65. The maximum atomic E-state index is 11.5. The quantitative estimate of drug-likeness (QED) is 0.197. The zero-order valence-corrected chi connectivity index (χ0v) is 14.2. The summed E-state index contributed by atoms with van der Waals surface area (Å²) in [5.41, 5.74) is 8.39. The molecule has 134 valence electrons. The number of azide groups is 1. The van der Waals surface area contributed by atoms with E-state index in [4.69, 9.17) is 24.9 Å². The van der Waals surface area contributed by atoms with E-state index in [0.717, 1.165) is 0 Å². The second-order valence-corrected chi connectivity index (χ2v) is 8.80. The van der Waals surface area contributed by atoms with Crippen molar-refractivity contribution < 1.29 is 51.2 Å². The molecule has 3 unspecified atom stereocenters. The summed E-state index contributed by atoms with van der Waals surface area (Å²) in [4.78, 5) is 37.6. The predicted molar refractivity (Wildman–Crippen MR) is 71.7 cm³/mol. The molecule has 0 aliphatic carbocycles. The largest absolute Gasteiger partial charge is 0.490 e. The van der Waals surface area contributed by atoms with Crippen LogP contribution in [0.15, 0.2) is 5.11 Å². The molecule has 1 aliphatic heterocycles. The van der Waals surface area contributed by atoms with Gasteiger partial charge in [0.1, 0.15) is 0 Å². The lowest BCUT2D eigenvalue weighted by Crippen LogP contribution is -2.24. The van der Waals surface area contributed by atoms with Gasteiger partial charge in [0.15, 0.2) is 0 Å². The van der Waals surface area contributed by atoms with Gasteiger partial charge in [-0.05, 0) is 18.9 Å². The topological polar surface area (TPSA) is 218 Å². The van der Waals surface area contributed by atoms with Crippen LogP contribution in [0.4, 0.5) is 0 Å². The fourth-order valence-electron chi connectivity index (χ4n) is 1.75. The maximum absolute atomic E-state index is 11.5. The van der Waals surface area contributed by atoms with E-state index in [-0.39, 0.29) is 6.10 Å². The monoisotopic (exact) mass is 397 g/mol. The third kappa shape index (κ3) is 7.86. The average molecular weight is 397 g/mol. The maximum Gasteiger partial charge on any atom is 0.490 e. The fraction of sp³-hybridized carbons (Fsp3) is 1.00. The highest BCUT2D eigenvalue weighted by atomic mass is 31.3. The highest BCUT2D eigenvalue weighted by molar-refractivity contribution is 7.66. The summed E-state index contributed by atoms with van der Waals surface area (Å²) in [5, 5.41) is 3.41. The molecule has 5 atom stereocenters. The number of nitrogens with zero attached hydrogens (tertiary/aromatic N) is 3. The van der Waals surface area contributed by atoms with Gasteiger partial charge in [-0.1, -0.05) is 5.11 Å². The Morgan fingerprint density at radius 2 is 1.83 bits per heavy atom. The van der Waals surface area contributed by atoms with Crippen LogP contribution < -0.4 is 0 Å². The van der Waals surface area contributed by atoms with E-state index in [0.29, 0.717) is 6.42 Å². The first-order valence-corrected chi connectivity index (χ1v) is 10.3. The Morgan fingerprint density at radius 3 is 2.35 bits per heavy atom. The van der Waals surface area contributed by atoms with E-state index < -0.39 is 42.2 Å². The Morgan fingerprint density at radius 1 is 1.22 bits per heavy atom. The summed E-state index contributed by atoms with van der Waals surface area (Å²) in [7, 11) is -16.2. The van der Waals surface area contributed by atoms with Crippen molar-refractivity contribution in [3.8, 4) is 0 Å². The zero-order valence-electron chi connectivity index (χ0n) is 11.5. The Hall–Kier alpha value is -0.320. The van der Waals surface area contributed by atoms with Crippen molar-refractivity contribution in [2.45, 2.75) is 31.6 Å². The van der Waals surface area contributed by atoms with Gasteiger partial charge in [0.25, 0.3) is 0 Å². The number of phosphoric ester groups is 1. The van der Waals surface area contributed by atoms with E-state index in [1.807, 2.05) is 0 Å². The van der Waals surface area contributed by atoms with Crippen molar-refractivity contribution in [1.29, 1.82) is 0 Å². The molecule has 0 aromatic carbocycles. The van der Waals surface area contributed by atoms with Crippen LogP contribution in [0.1, 0.15) is 13.3 Å². The minimum atomic E-state index is -5.56. The van der Waals surface area contributed by atoms with Gasteiger partial charge < -0.3 is 24.3 Å². The van der Waals surface area contributed by atoms with Crippen molar-refractivity contribution in [3.63, 3.8) is 0 Å². The molecule has 0 aromatic rings. The molecule has 1 fully saturated rings. The lowest BCUT2D eigenvalue weighted by Gasteiger charge is -2.19. The van der Waals surface area contributed by atoms with E-state index in [9.17, 15) is 18.6 Å². The first kappa shape index (κ1) is 20.7. The number of ether oxygens (including phenoxy) is 1. The number of rotatable bonds is 8. The number of hydrogen-bond donors (Lipinski definition) is 4. The molecule has 1 saturated heterocycles. The van der Waals surface area contributed by atoms with Gasteiger partial charge >= 0.3 is 23.5 Å². The summed E-state index contributed by atoms with van der Waals surface area (Å²) in [6.45, 7) is 1.02. The fourth-order valence-corrected chi connectivity index (χ4v) is 4.78. The third-order valence-corrected chi connectivity index (χ3v) is 6.23. The molecule has 4 N–H and O–H groups in total. The Labute approximate surface area is 129 Å². The van der Waals surface area contributed by atoms with Gasteiger partial charge in [-0.2, -0.15) is 8.62 Å². The second kappa shape index (κ2) is 7.71. The van der Waals surface area contributed by atoms with Crippen molar-refractivity contribution >= 4 is 23.5 Å². The molecular weight excluding hydrogens is 383 g/mol. The molecule has 0 aromatic heterocycles. The van der Waals surface area contributed by atoms with Crippen LogP contribution in [0.25, 0.3) is 10.4 Å². The van der Waals surface area contributed by atoms with E-state index in [1.165, 1.54) is 0 Å². The van der Waals surface area contributed by atoms with Gasteiger partial charge in [0.05, 0.1) is 24.9 Å². The summed E-state index contributed by atoms with van der Waals surface area (Å²) >= 11 is 0. The average Bonchev–Trinajstić information content (AvgIpc) is 2.63. The molecule has 0 spiro atoms. The summed E-state index contributed by atoms with van der Waals surface area (Å²) < 4.78 is 49.8. The van der Waals surface area contributed by atoms with Crippen molar-refractivity contribution in [2.24, 2.45) is 5.11 Å². The van der Waals surface area contributed by atoms with E-state index in [1.54, 1.807) is 6.92 Å². The SMILES string of the molecule is C[C@H]1CC(N=[N+]=[N-])[C@@H](COP(=O)(O)OP(=O)(O)OP(=O)(O)O)O1. The van der Waals surface area contributed by atoms with Gasteiger partial charge in [0.2, 0.25) is 0 Å². The summed E-state index contributed by atoms with van der Waals surface area (Å²) in [6, 6.07) is -0.692. The first-order chi connectivity index (χ1) is 10.3. The molecule has 23 heavy (non-hydrogen) atoms. The highest BCUT2D eigenvalue weighted by Gasteiger charge is 2.42. The highest BCUT2D eigenvalue weighted by Crippen LogP contribution is 2.66. The molecule has 14 nitrogen and oxygen atoms in total. The molecule has 1 heterocycles. The number of hydrogen-bond acceptors (Lipinski definition) is 8. The Kier molecular flexibility index (Phi) is 6.95. The van der Waals surface area contributed by atoms with Gasteiger partial charge in [-0.25, -0.2) is 13.7 Å². The zero-order chi connectivity index (χ0) is 17.9. The molecule has 0 amide bonds. The number of phosphoric acid groups is 3. The lowest BCUT2D eigenvalue weighted by atomic mass is 10.1. The van der Waals surface area contributed by atoms with Gasteiger partial charge in [0, 0.05) is 4.91 Å². The minimum absolute atomic E-state index is 0.319. The molecule has 0 saturated carbocycles. The van der Waals surface area contributed by atoms with Crippen LogP contribution in [-0.2, 0) is 31.6 Å². The van der Waals surface area contributed by atoms with Crippen LogP contribution in [0.3, 0.4) is 0 Å². The molecule has 1 rings (SSSR count). The smallest absolute Gasteiger partial charge is 0.372 e. The first-order valence-electron chi connectivity index (χ1n) is 5.81. The molecule has 1 aliphatic rings. The predicted octanol–water partition coefficient (Wildman–Crippen LogP) is 1.19. The van der Waals surface area contributed by atoms with Gasteiger partial charge in [-0.15, -0.1) is 0 Å². The minimum Gasteiger partial charge on any atom is -0.372 e. The summed E-state index contributed by atoms with van der Waals surface area (Å²) in [6.07, 6.45) is -0.903. The van der Waals surface area contributed by atoms with Crippen LogP contribution >= 0.6 is 23.5 Å². The lowest BCUT2D eigenvalue weighted by molar-refractivity contribution is 0.0145. The van der Waals surface area contributed by atoms with Crippen molar-refractivity contribution in [3.05, 3.63) is 10.4 Å². The molecule has 0 radical (unpaired) electrons. The molecule has 0 bridgehead atoms. The van der Waals surface area contributed by atoms with Crippen LogP contribution in [-0.4, -0.2) is 44.4 Å². The summed E-state index contributed by atoms with van der Waals surface area (Å²) in [5.74, 6) is 0. The van der Waals surface area contributed by atoms with E-state index >= 15 is 0 Å². The second-order valence-electron chi connectivity index (χ2n) is 4.38. The van der Waals surface area contributed by atoms with Crippen molar-refractivity contribution in [1.82, 2.24) is 0 Å². The van der Waals surface area contributed by atoms with E-state index in [2.05, 4.69) is 23.2 Å². The van der Waals surface area contributed by atoms with Crippen molar-refractivity contribution in [2.75, 3.05) is 6.61 Å². The standard InChI is InChI=1S/C6H14N3O11P3/c1-4-2-5(8-9-7)6(18-4)3-17-22(13,14)20-23(15,16)19-21(10,11)12/h4-6H,2-3H2,1H3,(H,13,14)(H,15,16)(H2,10,11,12)/t4-,5?,6+/m0/s1.